The molecule has 0 spiro atoms. The van der Waals surface area contributed by atoms with E-state index in [0.717, 1.165) is 43.9 Å². The van der Waals surface area contributed by atoms with Gasteiger partial charge in [-0.3, -0.25) is 4.90 Å². The van der Waals surface area contributed by atoms with E-state index in [-0.39, 0.29) is 6.61 Å². The standard InChI is InChI=1S/C13H22N2O3/c1-10-13(11(2)18-14-10)9-15-5-3-12(4-6-15)17-8-7-16/h12,16H,3-9H2,1-2H3. The topological polar surface area (TPSA) is 58.7 Å². The van der Waals surface area contributed by atoms with Gasteiger partial charge in [0.25, 0.3) is 0 Å². The smallest absolute Gasteiger partial charge is 0.138 e. The van der Waals surface area contributed by atoms with Crippen LogP contribution in [-0.2, 0) is 11.3 Å². The van der Waals surface area contributed by atoms with Gasteiger partial charge in [0, 0.05) is 25.2 Å². The van der Waals surface area contributed by atoms with Crippen LogP contribution in [-0.4, -0.2) is 47.6 Å². The van der Waals surface area contributed by atoms with Crippen LogP contribution in [0.1, 0.15) is 29.9 Å². The minimum atomic E-state index is 0.110. The summed E-state index contributed by atoms with van der Waals surface area (Å²) in [6, 6.07) is 0. The fourth-order valence-electron chi connectivity index (χ4n) is 2.40. The minimum Gasteiger partial charge on any atom is -0.394 e. The van der Waals surface area contributed by atoms with Crippen molar-refractivity contribution in [2.45, 2.75) is 39.3 Å². The number of hydrogen-bond donors (Lipinski definition) is 1. The van der Waals surface area contributed by atoms with Crippen LogP contribution >= 0.6 is 0 Å². The summed E-state index contributed by atoms with van der Waals surface area (Å²) in [5.41, 5.74) is 2.20. The van der Waals surface area contributed by atoms with E-state index in [1.54, 1.807) is 0 Å². The summed E-state index contributed by atoms with van der Waals surface area (Å²) >= 11 is 0. The molecule has 1 aromatic heterocycles. The lowest BCUT2D eigenvalue weighted by molar-refractivity contribution is -0.00908. The highest BCUT2D eigenvalue weighted by Gasteiger charge is 2.21. The molecule has 2 rings (SSSR count). The number of aromatic nitrogens is 1. The molecule has 1 fully saturated rings. The molecule has 1 aromatic rings. The van der Waals surface area contributed by atoms with Gasteiger partial charge in [-0.1, -0.05) is 5.16 Å². The van der Waals surface area contributed by atoms with E-state index >= 15 is 0 Å². The molecule has 0 atom stereocenters. The maximum atomic E-state index is 8.73. The van der Waals surface area contributed by atoms with Gasteiger partial charge in [0.15, 0.2) is 0 Å². The number of aliphatic hydroxyl groups is 1. The number of aliphatic hydroxyl groups excluding tert-OH is 1. The highest BCUT2D eigenvalue weighted by atomic mass is 16.5. The molecular formula is C13H22N2O3. The molecule has 18 heavy (non-hydrogen) atoms. The molecule has 0 bridgehead atoms. The summed E-state index contributed by atoms with van der Waals surface area (Å²) in [7, 11) is 0. The normalized spacial score (nSPS) is 18.4. The molecule has 0 aliphatic carbocycles. The van der Waals surface area contributed by atoms with E-state index in [1.165, 1.54) is 5.56 Å². The molecule has 5 nitrogen and oxygen atoms in total. The molecule has 5 heteroatoms. The number of ether oxygens (including phenoxy) is 1. The SMILES string of the molecule is Cc1noc(C)c1CN1CCC(OCCO)CC1. The summed E-state index contributed by atoms with van der Waals surface area (Å²) in [6.45, 7) is 7.48. The summed E-state index contributed by atoms with van der Waals surface area (Å²) in [6.07, 6.45) is 2.37. The first-order valence-electron chi connectivity index (χ1n) is 6.57. The fourth-order valence-corrected chi connectivity index (χ4v) is 2.40. The average Bonchev–Trinajstić information content (AvgIpc) is 2.70. The average molecular weight is 254 g/mol. The fraction of sp³-hybridized carbons (Fsp3) is 0.769. The second-order valence-corrected chi connectivity index (χ2v) is 4.87. The first-order valence-corrected chi connectivity index (χ1v) is 6.57. The monoisotopic (exact) mass is 254 g/mol. The zero-order chi connectivity index (χ0) is 13.0. The van der Waals surface area contributed by atoms with Crippen molar-refractivity contribution in [1.29, 1.82) is 0 Å². The molecule has 1 saturated heterocycles. The van der Waals surface area contributed by atoms with Gasteiger partial charge in [-0.2, -0.15) is 0 Å². The second kappa shape index (κ2) is 6.31. The van der Waals surface area contributed by atoms with E-state index in [4.69, 9.17) is 14.4 Å². The van der Waals surface area contributed by atoms with Crippen LogP contribution in [0, 0.1) is 13.8 Å². The van der Waals surface area contributed by atoms with Crippen molar-refractivity contribution in [3.63, 3.8) is 0 Å². The molecular weight excluding hydrogens is 232 g/mol. The first kappa shape index (κ1) is 13.5. The first-order chi connectivity index (χ1) is 8.70. The van der Waals surface area contributed by atoms with Crippen molar-refractivity contribution < 1.29 is 14.4 Å². The Morgan fingerprint density at radius 3 is 2.67 bits per heavy atom. The van der Waals surface area contributed by atoms with Crippen molar-refractivity contribution in [3.05, 3.63) is 17.0 Å². The van der Waals surface area contributed by atoms with Crippen molar-refractivity contribution in [2.24, 2.45) is 0 Å². The number of aryl methyl sites for hydroxylation is 2. The molecule has 102 valence electrons. The lowest BCUT2D eigenvalue weighted by Crippen LogP contribution is -2.37. The van der Waals surface area contributed by atoms with Crippen LogP contribution in [0.25, 0.3) is 0 Å². The maximum absolute atomic E-state index is 8.73. The van der Waals surface area contributed by atoms with Crippen molar-refractivity contribution in [2.75, 3.05) is 26.3 Å². The Hall–Kier alpha value is -0.910. The third-order valence-electron chi connectivity index (χ3n) is 3.54. The van der Waals surface area contributed by atoms with Crippen LogP contribution in [0.2, 0.25) is 0 Å². The third kappa shape index (κ3) is 3.31. The Morgan fingerprint density at radius 1 is 1.39 bits per heavy atom. The summed E-state index contributed by atoms with van der Waals surface area (Å²) in [5, 5.41) is 12.7. The van der Waals surface area contributed by atoms with E-state index in [9.17, 15) is 0 Å². The predicted octanol–water partition coefficient (Wildman–Crippen LogP) is 1.26. The lowest BCUT2D eigenvalue weighted by Gasteiger charge is -2.31. The van der Waals surface area contributed by atoms with E-state index in [1.807, 2.05) is 13.8 Å². The molecule has 2 heterocycles. The molecule has 0 amide bonds. The van der Waals surface area contributed by atoms with Gasteiger partial charge in [0.1, 0.15) is 5.76 Å². The predicted molar refractivity (Wildman–Crippen MR) is 67.3 cm³/mol. The van der Waals surface area contributed by atoms with Crippen molar-refractivity contribution >= 4 is 0 Å². The van der Waals surface area contributed by atoms with Gasteiger partial charge in [-0.05, 0) is 26.7 Å². The Balaban J connectivity index is 1.80. The van der Waals surface area contributed by atoms with Gasteiger partial charge in [-0.25, -0.2) is 0 Å². The Kier molecular flexibility index (Phi) is 4.74. The summed E-state index contributed by atoms with van der Waals surface area (Å²) in [5.74, 6) is 0.922. The Labute approximate surface area is 108 Å². The minimum absolute atomic E-state index is 0.110. The molecule has 0 saturated carbocycles. The Bertz CT molecular complexity index is 351. The van der Waals surface area contributed by atoms with Crippen molar-refractivity contribution in [3.8, 4) is 0 Å². The van der Waals surface area contributed by atoms with Gasteiger partial charge in [0.2, 0.25) is 0 Å². The van der Waals surface area contributed by atoms with Crippen LogP contribution in [0.4, 0.5) is 0 Å². The highest BCUT2D eigenvalue weighted by Crippen LogP contribution is 2.19. The molecule has 0 unspecified atom stereocenters. The number of rotatable bonds is 5. The second-order valence-electron chi connectivity index (χ2n) is 4.87. The zero-order valence-corrected chi connectivity index (χ0v) is 11.2. The molecule has 1 N–H and O–H groups in total. The maximum Gasteiger partial charge on any atom is 0.138 e. The highest BCUT2D eigenvalue weighted by molar-refractivity contribution is 5.20. The van der Waals surface area contributed by atoms with E-state index < -0.39 is 0 Å². The largest absolute Gasteiger partial charge is 0.394 e. The summed E-state index contributed by atoms with van der Waals surface area (Å²) < 4.78 is 10.7. The van der Waals surface area contributed by atoms with Crippen molar-refractivity contribution in [1.82, 2.24) is 10.1 Å². The van der Waals surface area contributed by atoms with Crippen LogP contribution in [0.15, 0.2) is 4.52 Å². The molecule has 0 aromatic carbocycles. The van der Waals surface area contributed by atoms with Gasteiger partial charge in [0.05, 0.1) is 25.0 Å². The lowest BCUT2D eigenvalue weighted by atomic mass is 10.1. The van der Waals surface area contributed by atoms with E-state index in [0.29, 0.717) is 12.7 Å². The number of piperidine rings is 1. The van der Waals surface area contributed by atoms with Crippen LogP contribution in [0.5, 0.6) is 0 Å². The number of hydrogen-bond acceptors (Lipinski definition) is 5. The zero-order valence-electron chi connectivity index (χ0n) is 11.2. The number of likely N-dealkylation sites (tertiary alicyclic amines) is 1. The van der Waals surface area contributed by atoms with Crippen LogP contribution in [0.3, 0.4) is 0 Å². The molecule has 1 aliphatic rings. The van der Waals surface area contributed by atoms with Gasteiger partial charge in [-0.15, -0.1) is 0 Å². The Morgan fingerprint density at radius 2 is 2.11 bits per heavy atom. The van der Waals surface area contributed by atoms with E-state index in [2.05, 4.69) is 10.1 Å². The third-order valence-corrected chi connectivity index (χ3v) is 3.54. The van der Waals surface area contributed by atoms with Gasteiger partial charge < -0.3 is 14.4 Å². The quantitative estimate of drug-likeness (QED) is 0.857. The van der Waals surface area contributed by atoms with Crippen LogP contribution < -0.4 is 0 Å². The molecule has 1 aliphatic heterocycles. The summed E-state index contributed by atoms with van der Waals surface area (Å²) in [4.78, 5) is 2.41. The molecule has 0 radical (unpaired) electrons. The number of nitrogens with zero attached hydrogens (tertiary/aromatic N) is 2. The van der Waals surface area contributed by atoms with Gasteiger partial charge >= 0.3 is 0 Å².